The van der Waals surface area contributed by atoms with Crippen LogP contribution in [0.5, 0.6) is 5.75 Å². The summed E-state index contributed by atoms with van der Waals surface area (Å²) >= 11 is 0. The van der Waals surface area contributed by atoms with E-state index >= 15 is 0 Å². The summed E-state index contributed by atoms with van der Waals surface area (Å²) in [5, 5.41) is 10.7. The van der Waals surface area contributed by atoms with Crippen LogP contribution in [0.1, 0.15) is 77.6 Å². The second-order valence-corrected chi connectivity index (χ2v) is 11.5. The number of carbonyl (C=O) groups excluding carboxylic acids is 2. The van der Waals surface area contributed by atoms with Crippen molar-refractivity contribution in [2.45, 2.75) is 83.7 Å². The molecule has 0 bridgehead atoms. The minimum atomic E-state index is -4.61. The summed E-state index contributed by atoms with van der Waals surface area (Å²) < 4.78 is 38.0. The predicted octanol–water partition coefficient (Wildman–Crippen LogP) is 4.80. The highest BCUT2D eigenvalue weighted by atomic mass is 31.2. The Hall–Kier alpha value is -2.41. The molecule has 0 aliphatic carbocycles. The third kappa shape index (κ3) is 19.7. The summed E-state index contributed by atoms with van der Waals surface area (Å²) in [6.45, 7) is 2.40. The van der Waals surface area contributed by atoms with Crippen molar-refractivity contribution in [3.05, 3.63) is 34.4 Å². The first kappa shape index (κ1) is 37.6. The molecule has 0 aromatic heterocycles. The maximum absolute atomic E-state index is 12.4. The van der Waals surface area contributed by atoms with Gasteiger partial charge in [0, 0.05) is 38.1 Å². The maximum atomic E-state index is 12.4. The standard InChI is InChI=1S/C28H47N2O11P/c1-4-5-6-7-8-9-10-11-20-37-22-26(23-39-42(35,36)38-21-19-29(2)3)41-28(32)14-12-13-27(31)40-25-17-15-24(16-18-25)30(33)34/h15-18,26H,4-14,19-23H2,1-3H3,(H,35,36)/p-1. The van der Waals surface area contributed by atoms with Crippen LogP contribution in [0.15, 0.2) is 24.3 Å². The first-order valence-electron chi connectivity index (χ1n) is 14.5. The number of nitro groups is 1. The maximum Gasteiger partial charge on any atom is 0.311 e. The summed E-state index contributed by atoms with van der Waals surface area (Å²) in [6, 6.07) is 5.04. The highest BCUT2D eigenvalue weighted by Gasteiger charge is 2.20. The number of phosphoric ester groups is 1. The summed E-state index contributed by atoms with van der Waals surface area (Å²) in [7, 11) is -1.07. The number of hydrogen-bond acceptors (Lipinski definition) is 12. The van der Waals surface area contributed by atoms with Gasteiger partial charge in [-0.15, -0.1) is 0 Å². The quantitative estimate of drug-likeness (QED) is 0.0368. The van der Waals surface area contributed by atoms with E-state index in [1.807, 2.05) is 0 Å². The summed E-state index contributed by atoms with van der Waals surface area (Å²) in [5.74, 6) is -1.13. The van der Waals surface area contributed by atoms with Crippen molar-refractivity contribution in [2.75, 3.05) is 47.1 Å². The van der Waals surface area contributed by atoms with E-state index in [0.717, 1.165) is 19.3 Å². The Labute approximate surface area is 248 Å². The van der Waals surface area contributed by atoms with Crippen LogP contribution in [0, 0.1) is 10.1 Å². The van der Waals surface area contributed by atoms with E-state index in [-0.39, 0.29) is 43.9 Å². The van der Waals surface area contributed by atoms with Gasteiger partial charge in [0.2, 0.25) is 0 Å². The summed E-state index contributed by atoms with van der Waals surface area (Å²) in [5.41, 5.74) is -0.133. The van der Waals surface area contributed by atoms with Gasteiger partial charge in [-0.2, -0.15) is 0 Å². The fraction of sp³-hybridized carbons (Fsp3) is 0.714. The fourth-order valence-electron chi connectivity index (χ4n) is 3.66. The summed E-state index contributed by atoms with van der Waals surface area (Å²) in [6.07, 6.45) is 8.00. The van der Waals surface area contributed by atoms with Crippen molar-refractivity contribution in [1.82, 2.24) is 4.90 Å². The number of rotatable bonds is 25. The first-order valence-corrected chi connectivity index (χ1v) is 16.0. The number of hydrogen-bond donors (Lipinski definition) is 0. The predicted molar refractivity (Wildman–Crippen MR) is 154 cm³/mol. The number of carbonyl (C=O) groups is 2. The van der Waals surface area contributed by atoms with Crippen LogP contribution >= 0.6 is 7.82 Å². The number of likely N-dealkylation sites (N-methyl/N-ethyl adjacent to an activating group) is 1. The number of nitrogens with zero attached hydrogens (tertiary/aromatic N) is 2. The lowest BCUT2D eigenvalue weighted by Crippen LogP contribution is -2.30. The Bertz CT molecular complexity index is 960. The average molecular weight is 618 g/mol. The van der Waals surface area contributed by atoms with Gasteiger partial charge >= 0.3 is 11.9 Å². The van der Waals surface area contributed by atoms with Gasteiger partial charge in [0.15, 0.2) is 0 Å². The molecule has 0 saturated carbocycles. The number of unbranched alkanes of at least 4 members (excludes halogenated alkanes) is 7. The van der Waals surface area contributed by atoms with Gasteiger partial charge in [-0.25, -0.2) is 0 Å². The average Bonchev–Trinajstić information content (AvgIpc) is 2.92. The summed E-state index contributed by atoms with van der Waals surface area (Å²) in [4.78, 5) is 48.5. The van der Waals surface area contributed by atoms with Crippen molar-refractivity contribution in [1.29, 1.82) is 0 Å². The van der Waals surface area contributed by atoms with Gasteiger partial charge < -0.3 is 33.1 Å². The molecule has 1 rings (SSSR count). The van der Waals surface area contributed by atoms with Gasteiger partial charge in [-0.05, 0) is 39.1 Å². The molecule has 0 radical (unpaired) electrons. The zero-order chi connectivity index (χ0) is 31.2. The van der Waals surface area contributed by atoms with Gasteiger partial charge in [0.1, 0.15) is 11.9 Å². The molecule has 0 heterocycles. The molecule has 13 nitrogen and oxygen atoms in total. The van der Waals surface area contributed by atoms with Crippen LogP contribution in [0.3, 0.4) is 0 Å². The molecule has 0 spiro atoms. The second-order valence-electron chi connectivity index (χ2n) is 10.1. The number of phosphoric acid groups is 1. The van der Waals surface area contributed by atoms with Crippen LogP contribution < -0.4 is 9.63 Å². The van der Waals surface area contributed by atoms with Crippen LogP contribution in [0.2, 0.25) is 0 Å². The minimum Gasteiger partial charge on any atom is -0.756 e. The molecule has 0 aliphatic rings. The van der Waals surface area contributed by atoms with Crippen LogP contribution in [-0.4, -0.2) is 74.9 Å². The minimum absolute atomic E-state index is 0.0534. The Morgan fingerprint density at radius 1 is 0.881 bits per heavy atom. The normalized spacial score (nSPS) is 13.5. The molecular weight excluding hydrogens is 571 g/mol. The molecule has 0 saturated heterocycles. The van der Waals surface area contributed by atoms with Crippen molar-refractivity contribution in [2.24, 2.45) is 0 Å². The molecule has 0 amide bonds. The smallest absolute Gasteiger partial charge is 0.311 e. The molecule has 14 heteroatoms. The van der Waals surface area contributed by atoms with E-state index in [9.17, 15) is 29.2 Å². The molecule has 42 heavy (non-hydrogen) atoms. The number of non-ortho nitro benzene ring substituents is 1. The van der Waals surface area contributed by atoms with E-state index in [1.165, 1.54) is 56.4 Å². The van der Waals surface area contributed by atoms with Crippen molar-refractivity contribution in [3.63, 3.8) is 0 Å². The number of benzene rings is 1. The van der Waals surface area contributed by atoms with Crippen molar-refractivity contribution >= 4 is 25.4 Å². The molecule has 0 fully saturated rings. The molecule has 240 valence electrons. The van der Waals surface area contributed by atoms with Crippen LogP contribution in [-0.2, 0) is 32.7 Å². The van der Waals surface area contributed by atoms with E-state index in [2.05, 4.69) is 6.92 Å². The second kappa shape index (κ2) is 22.2. The lowest BCUT2D eigenvalue weighted by atomic mass is 10.1. The largest absolute Gasteiger partial charge is 0.756 e. The monoisotopic (exact) mass is 617 g/mol. The topological polar surface area (TPSA) is 167 Å². The Morgan fingerprint density at radius 2 is 1.50 bits per heavy atom. The Morgan fingerprint density at radius 3 is 2.12 bits per heavy atom. The van der Waals surface area contributed by atoms with E-state index in [0.29, 0.717) is 13.2 Å². The van der Waals surface area contributed by atoms with Crippen LogP contribution in [0.25, 0.3) is 0 Å². The lowest BCUT2D eigenvalue weighted by molar-refractivity contribution is -0.384. The SMILES string of the molecule is CCCCCCCCCCOCC(COP(=O)([O-])OCCN(C)C)OC(=O)CCCC(=O)Oc1ccc([N+](=O)[O-])cc1. The Balaban J connectivity index is 2.46. The Kier molecular flexibility index (Phi) is 19.9. The lowest BCUT2D eigenvalue weighted by Gasteiger charge is -2.26. The van der Waals surface area contributed by atoms with Crippen molar-refractivity contribution in [3.8, 4) is 5.75 Å². The molecule has 0 N–H and O–H groups in total. The third-order valence-corrected chi connectivity index (χ3v) is 6.96. The van der Waals surface area contributed by atoms with Crippen LogP contribution in [0.4, 0.5) is 5.69 Å². The zero-order valence-electron chi connectivity index (χ0n) is 25.0. The van der Waals surface area contributed by atoms with Gasteiger partial charge in [-0.3, -0.25) is 24.3 Å². The molecule has 1 aromatic carbocycles. The van der Waals surface area contributed by atoms with Gasteiger partial charge in [0.05, 0.1) is 24.7 Å². The number of ether oxygens (including phenoxy) is 3. The number of nitro benzene ring substituents is 1. The highest BCUT2D eigenvalue weighted by molar-refractivity contribution is 7.45. The van der Waals surface area contributed by atoms with Gasteiger partial charge in [0.25, 0.3) is 13.5 Å². The van der Waals surface area contributed by atoms with E-state index in [4.69, 9.17) is 23.3 Å². The molecule has 2 atom stereocenters. The van der Waals surface area contributed by atoms with Crippen molar-refractivity contribution < 1.29 is 47.2 Å². The van der Waals surface area contributed by atoms with E-state index in [1.54, 1.807) is 19.0 Å². The molecule has 0 aliphatic heterocycles. The van der Waals surface area contributed by atoms with E-state index < -0.39 is 37.4 Å². The number of esters is 2. The zero-order valence-corrected chi connectivity index (χ0v) is 25.9. The molecule has 2 unspecified atom stereocenters. The highest BCUT2D eigenvalue weighted by Crippen LogP contribution is 2.38. The fourth-order valence-corrected chi connectivity index (χ4v) is 4.38. The molecule has 1 aromatic rings. The third-order valence-electron chi connectivity index (χ3n) is 5.99. The first-order chi connectivity index (χ1) is 20.0. The molecular formula is C28H46N2O11P-. The van der Waals surface area contributed by atoms with Gasteiger partial charge in [-0.1, -0.05) is 51.9 Å².